The van der Waals surface area contributed by atoms with Crippen LogP contribution < -0.4 is 16.8 Å². The quantitative estimate of drug-likeness (QED) is 0.576. The van der Waals surface area contributed by atoms with Gasteiger partial charge < -0.3 is 31.4 Å². The van der Waals surface area contributed by atoms with E-state index >= 15 is 0 Å². The first-order valence-corrected chi connectivity index (χ1v) is 7.03. The van der Waals surface area contributed by atoms with E-state index in [2.05, 4.69) is 15.3 Å². The van der Waals surface area contributed by atoms with Crippen LogP contribution in [0.4, 0.5) is 17.5 Å². The van der Waals surface area contributed by atoms with E-state index in [4.69, 9.17) is 32.5 Å². The van der Waals surface area contributed by atoms with Crippen molar-refractivity contribution in [2.45, 2.75) is 50.4 Å². The largest absolute Gasteiger partial charge is 0.393 e. The Hall–Kier alpha value is -1.35. The van der Waals surface area contributed by atoms with Crippen LogP contribution in [-0.2, 0) is 9.47 Å². The Bertz CT molecular complexity index is 570. The zero-order valence-electron chi connectivity index (χ0n) is 11.7. The summed E-state index contributed by atoms with van der Waals surface area (Å²) < 4.78 is 11.5. The molecular weight excluding hydrogens is 298 g/mol. The van der Waals surface area contributed by atoms with Gasteiger partial charge in [0.25, 0.3) is 0 Å². The Labute approximate surface area is 126 Å². The fraction of sp³-hybridized carbons (Fsp3) is 0.667. The molecule has 0 amide bonds. The fourth-order valence-electron chi connectivity index (χ4n) is 2.84. The van der Waals surface area contributed by atoms with E-state index in [0.29, 0.717) is 12.2 Å². The van der Waals surface area contributed by atoms with E-state index < -0.39 is 11.9 Å². The van der Waals surface area contributed by atoms with Gasteiger partial charge in [0.05, 0.1) is 12.1 Å². The number of fused-ring (bicyclic) bond motifs is 1. The van der Waals surface area contributed by atoms with Gasteiger partial charge in [-0.15, -0.1) is 0 Å². The van der Waals surface area contributed by atoms with Crippen LogP contribution in [0.2, 0.25) is 5.15 Å². The molecule has 1 saturated heterocycles. The van der Waals surface area contributed by atoms with Gasteiger partial charge in [-0.1, -0.05) is 11.6 Å². The molecule has 0 unspecified atom stereocenters. The van der Waals surface area contributed by atoms with Crippen LogP contribution >= 0.6 is 11.6 Å². The van der Waals surface area contributed by atoms with Crippen molar-refractivity contribution in [3.63, 3.8) is 0 Å². The maximum Gasteiger partial charge on any atom is 0.223 e. The highest BCUT2D eigenvalue weighted by Crippen LogP contribution is 2.40. The minimum Gasteiger partial charge on any atom is -0.393 e. The Morgan fingerprint density at radius 3 is 2.67 bits per heavy atom. The number of aliphatic hydroxyl groups is 1. The van der Waals surface area contributed by atoms with E-state index in [1.54, 1.807) is 0 Å². The first-order chi connectivity index (χ1) is 9.77. The van der Waals surface area contributed by atoms with Crippen LogP contribution in [0.5, 0.6) is 0 Å². The van der Waals surface area contributed by atoms with Gasteiger partial charge >= 0.3 is 0 Å². The number of aliphatic hydroxyl groups excluding tert-OH is 1. The predicted octanol–water partition coefficient (Wildman–Crippen LogP) is 0.360. The third kappa shape index (κ3) is 2.59. The topological polar surface area (TPSA) is 129 Å². The van der Waals surface area contributed by atoms with Crippen molar-refractivity contribution >= 4 is 29.1 Å². The van der Waals surface area contributed by atoms with Gasteiger partial charge in [-0.2, -0.15) is 9.97 Å². The average molecular weight is 316 g/mol. The van der Waals surface area contributed by atoms with Gasteiger partial charge in [-0.3, -0.25) is 0 Å². The number of hydrogen-bond donors (Lipinski definition) is 4. The molecule has 116 valence electrons. The second-order valence-electron chi connectivity index (χ2n) is 5.75. The van der Waals surface area contributed by atoms with Gasteiger partial charge in [0, 0.05) is 0 Å². The standard InChI is InChI=1S/C12H18ClN5O3/c1-12(2)20-7-4(3-5(19)8(7)21-12)16-10-6(14)9(13)17-11(15)18-10/h4-5,7-8,19H,3,14H2,1-2H3,(H3,15,16,17,18)/t4-,5+,7+,8-/m1/s1. The number of anilines is 3. The second kappa shape index (κ2) is 4.84. The van der Waals surface area contributed by atoms with Gasteiger partial charge in [0.2, 0.25) is 5.95 Å². The Morgan fingerprint density at radius 2 is 1.95 bits per heavy atom. The predicted molar refractivity (Wildman–Crippen MR) is 77.7 cm³/mol. The van der Waals surface area contributed by atoms with Gasteiger partial charge in [-0.05, 0) is 20.3 Å². The molecule has 1 aromatic rings. The molecule has 2 fully saturated rings. The molecule has 2 heterocycles. The third-order valence-electron chi connectivity index (χ3n) is 3.67. The number of hydrogen-bond acceptors (Lipinski definition) is 8. The molecular formula is C12H18ClN5O3. The van der Waals surface area contributed by atoms with Crippen molar-refractivity contribution in [3.8, 4) is 0 Å². The minimum absolute atomic E-state index is 0.0238. The summed E-state index contributed by atoms with van der Waals surface area (Å²) in [5, 5.41) is 13.3. The van der Waals surface area contributed by atoms with Crippen molar-refractivity contribution in [2.24, 2.45) is 0 Å². The second-order valence-corrected chi connectivity index (χ2v) is 6.11. The van der Waals surface area contributed by atoms with E-state index in [0.717, 1.165) is 0 Å². The smallest absolute Gasteiger partial charge is 0.223 e. The zero-order chi connectivity index (χ0) is 15.4. The molecule has 21 heavy (non-hydrogen) atoms. The van der Waals surface area contributed by atoms with Crippen molar-refractivity contribution in [1.82, 2.24) is 9.97 Å². The Kier molecular flexibility index (Phi) is 3.36. The van der Waals surface area contributed by atoms with Crippen LogP contribution in [0.25, 0.3) is 0 Å². The van der Waals surface area contributed by atoms with Gasteiger partial charge in [-0.25, -0.2) is 0 Å². The van der Waals surface area contributed by atoms with E-state index in [-0.39, 0.29) is 35.0 Å². The number of nitrogen functional groups attached to an aromatic ring is 2. The molecule has 0 aromatic carbocycles. The molecule has 1 aromatic heterocycles. The number of aromatic nitrogens is 2. The molecule has 9 heteroatoms. The molecule has 2 aliphatic rings. The lowest BCUT2D eigenvalue weighted by Crippen LogP contribution is -2.35. The summed E-state index contributed by atoms with van der Waals surface area (Å²) in [5.41, 5.74) is 11.6. The average Bonchev–Trinajstić information content (AvgIpc) is 2.82. The molecule has 1 saturated carbocycles. The van der Waals surface area contributed by atoms with Crippen LogP contribution in [0, 0.1) is 0 Å². The number of nitrogens with one attached hydrogen (secondary N) is 1. The van der Waals surface area contributed by atoms with Crippen molar-refractivity contribution in [1.29, 1.82) is 0 Å². The number of nitrogens with two attached hydrogens (primary N) is 2. The Morgan fingerprint density at radius 1 is 1.29 bits per heavy atom. The molecule has 6 N–H and O–H groups in total. The first-order valence-electron chi connectivity index (χ1n) is 6.65. The third-order valence-corrected chi connectivity index (χ3v) is 3.96. The summed E-state index contributed by atoms with van der Waals surface area (Å²) in [6, 6.07) is -0.209. The molecule has 0 bridgehead atoms. The first kappa shape index (κ1) is 14.6. The van der Waals surface area contributed by atoms with E-state index in [1.807, 2.05) is 13.8 Å². The molecule has 3 rings (SSSR count). The molecule has 1 aliphatic heterocycles. The van der Waals surface area contributed by atoms with Crippen LogP contribution in [-0.4, -0.2) is 45.2 Å². The monoisotopic (exact) mass is 315 g/mol. The summed E-state index contributed by atoms with van der Waals surface area (Å²) in [4.78, 5) is 7.82. The summed E-state index contributed by atoms with van der Waals surface area (Å²) in [5.74, 6) is -0.376. The lowest BCUT2D eigenvalue weighted by molar-refractivity contribution is -0.162. The van der Waals surface area contributed by atoms with Crippen LogP contribution in [0.3, 0.4) is 0 Å². The summed E-state index contributed by atoms with van der Waals surface area (Å²) >= 11 is 5.89. The van der Waals surface area contributed by atoms with Crippen molar-refractivity contribution in [3.05, 3.63) is 5.15 Å². The highest BCUT2D eigenvalue weighted by Gasteiger charge is 2.53. The lowest BCUT2D eigenvalue weighted by Gasteiger charge is -2.23. The zero-order valence-corrected chi connectivity index (χ0v) is 12.5. The maximum absolute atomic E-state index is 10.1. The summed E-state index contributed by atoms with van der Waals surface area (Å²) in [7, 11) is 0. The molecule has 8 nitrogen and oxygen atoms in total. The number of rotatable bonds is 2. The maximum atomic E-state index is 10.1. The Balaban J connectivity index is 1.83. The van der Waals surface area contributed by atoms with Crippen molar-refractivity contribution < 1.29 is 14.6 Å². The van der Waals surface area contributed by atoms with Gasteiger partial charge in [0.1, 0.15) is 17.9 Å². The molecule has 4 atom stereocenters. The van der Waals surface area contributed by atoms with Gasteiger partial charge in [0.15, 0.2) is 16.8 Å². The summed E-state index contributed by atoms with van der Waals surface area (Å²) in [6.07, 6.45) is -0.852. The lowest BCUT2D eigenvalue weighted by atomic mass is 10.2. The van der Waals surface area contributed by atoms with Crippen LogP contribution in [0.1, 0.15) is 20.3 Å². The molecule has 0 spiro atoms. The highest BCUT2D eigenvalue weighted by molar-refractivity contribution is 6.32. The molecule has 0 radical (unpaired) electrons. The molecule has 1 aliphatic carbocycles. The van der Waals surface area contributed by atoms with E-state index in [1.165, 1.54) is 0 Å². The number of ether oxygens (including phenoxy) is 2. The number of halogens is 1. The SMILES string of the molecule is CC1(C)O[C@@H]2[C@H](O1)[C@@H](O)C[C@H]2Nc1nc(N)nc(Cl)c1N. The van der Waals surface area contributed by atoms with Crippen molar-refractivity contribution in [2.75, 3.05) is 16.8 Å². The minimum atomic E-state index is -0.732. The summed E-state index contributed by atoms with van der Waals surface area (Å²) in [6.45, 7) is 3.62. The highest BCUT2D eigenvalue weighted by atomic mass is 35.5. The van der Waals surface area contributed by atoms with Crippen LogP contribution in [0.15, 0.2) is 0 Å². The number of nitrogens with zero attached hydrogens (tertiary/aromatic N) is 2. The van der Waals surface area contributed by atoms with E-state index in [9.17, 15) is 5.11 Å². The fourth-order valence-corrected chi connectivity index (χ4v) is 3.02. The normalized spacial score (nSPS) is 33.9.